The molecule has 0 heterocycles. The lowest BCUT2D eigenvalue weighted by Crippen LogP contribution is -2.17. The molecule has 1 aromatic rings. The second kappa shape index (κ2) is 3.46. The molecule has 4 heteroatoms. The van der Waals surface area contributed by atoms with Gasteiger partial charge in [-0.1, -0.05) is 18.2 Å². The van der Waals surface area contributed by atoms with Crippen LogP contribution in [0.4, 0.5) is 13.2 Å². The van der Waals surface area contributed by atoms with Gasteiger partial charge in [0.25, 0.3) is 0 Å². The molecular formula is C10H10ClF3. The van der Waals surface area contributed by atoms with E-state index in [4.69, 9.17) is 11.6 Å². The van der Waals surface area contributed by atoms with Crippen molar-refractivity contribution >= 4 is 11.6 Å². The van der Waals surface area contributed by atoms with Gasteiger partial charge in [-0.05, 0) is 25.5 Å². The minimum Gasteiger partial charge on any atom is -0.166 e. The first-order valence-corrected chi connectivity index (χ1v) is 4.46. The molecule has 0 aliphatic rings. The minimum atomic E-state index is -4.34. The van der Waals surface area contributed by atoms with E-state index in [1.54, 1.807) is 19.9 Å². The summed E-state index contributed by atoms with van der Waals surface area (Å²) in [6.45, 7) is 3.08. The summed E-state index contributed by atoms with van der Waals surface area (Å²) in [4.78, 5) is -1.01. The first kappa shape index (κ1) is 11.4. The van der Waals surface area contributed by atoms with E-state index < -0.39 is 16.6 Å². The largest absolute Gasteiger partial charge is 0.416 e. The van der Waals surface area contributed by atoms with Gasteiger partial charge in [-0.15, -0.1) is 11.6 Å². The van der Waals surface area contributed by atoms with Crippen molar-refractivity contribution in [3.05, 3.63) is 35.4 Å². The van der Waals surface area contributed by atoms with Crippen molar-refractivity contribution in [3.63, 3.8) is 0 Å². The number of halogens is 4. The van der Waals surface area contributed by atoms with Crippen molar-refractivity contribution in [1.29, 1.82) is 0 Å². The zero-order valence-corrected chi connectivity index (χ0v) is 8.58. The zero-order valence-electron chi connectivity index (χ0n) is 7.82. The Morgan fingerprint density at radius 3 is 1.71 bits per heavy atom. The average molecular weight is 223 g/mol. The molecule has 0 amide bonds. The number of rotatable bonds is 1. The monoisotopic (exact) mass is 222 g/mol. The van der Waals surface area contributed by atoms with E-state index in [9.17, 15) is 13.2 Å². The Morgan fingerprint density at radius 1 is 1.00 bits per heavy atom. The standard InChI is InChI=1S/C10H10ClF3/c1-9(2,11)7-5-3-4-6-8(7)10(12,13)14/h3-6H,1-2H3. The molecule has 0 unspecified atom stereocenters. The van der Waals surface area contributed by atoms with Crippen LogP contribution in [-0.4, -0.2) is 0 Å². The summed E-state index contributed by atoms with van der Waals surface area (Å²) in [6.07, 6.45) is -4.34. The van der Waals surface area contributed by atoms with Crippen LogP contribution >= 0.6 is 11.6 Å². The first-order valence-electron chi connectivity index (χ1n) is 4.08. The minimum absolute atomic E-state index is 0.106. The fourth-order valence-electron chi connectivity index (χ4n) is 1.25. The van der Waals surface area contributed by atoms with Crippen molar-refractivity contribution in [2.45, 2.75) is 24.9 Å². The SMILES string of the molecule is CC(C)(Cl)c1ccccc1C(F)(F)F. The van der Waals surface area contributed by atoms with Gasteiger partial charge < -0.3 is 0 Å². The van der Waals surface area contributed by atoms with Gasteiger partial charge in [0.05, 0.1) is 10.4 Å². The van der Waals surface area contributed by atoms with E-state index in [0.717, 1.165) is 6.07 Å². The van der Waals surface area contributed by atoms with Gasteiger partial charge in [0.15, 0.2) is 0 Å². The van der Waals surface area contributed by atoms with Crippen molar-refractivity contribution in [1.82, 2.24) is 0 Å². The van der Waals surface area contributed by atoms with E-state index in [1.165, 1.54) is 12.1 Å². The Kier molecular flexibility index (Phi) is 2.81. The topological polar surface area (TPSA) is 0 Å². The highest BCUT2D eigenvalue weighted by Crippen LogP contribution is 2.38. The zero-order chi connectivity index (χ0) is 11.0. The second-order valence-electron chi connectivity index (χ2n) is 3.52. The molecule has 78 valence electrons. The lowest BCUT2D eigenvalue weighted by atomic mass is 9.96. The third-order valence-electron chi connectivity index (χ3n) is 1.87. The van der Waals surface area contributed by atoms with Gasteiger partial charge >= 0.3 is 6.18 Å². The summed E-state index contributed by atoms with van der Waals surface area (Å²) >= 11 is 5.87. The highest BCUT2D eigenvalue weighted by molar-refractivity contribution is 6.23. The molecule has 0 bridgehead atoms. The third-order valence-corrected chi connectivity index (χ3v) is 2.08. The predicted molar refractivity (Wildman–Crippen MR) is 50.3 cm³/mol. The molecule has 0 saturated carbocycles. The molecule has 0 aliphatic heterocycles. The van der Waals surface area contributed by atoms with Crippen LogP contribution in [0, 0.1) is 0 Å². The smallest absolute Gasteiger partial charge is 0.166 e. The lowest BCUT2D eigenvalue weighted by molar-refractivity contribution is -0.138. The summed E-state index contributed by atoms with van der Waals surface area (Å²) in [7, 11) is 0. The number of hydrogen-bond acceptors (Lipinski definition) is 0. The molecule has 0 N–H and O–H groups in total. The first-order chi connectivity index (χ1) is 6.23. The molecule has 0 aromatic heterocycles. The number of benzene rings is 1. The second-order valence-corrected chi connectivity index (χ2v) is 4.46. The average Bonchev–Trinajstić information content (AvgIpc) is 2.01. The molecule has 0 atom stereocenters. The van der Waals surface area contributed by atoms with Crippen LogP contribution in [0.3, 0.4) is 0 Å². The summed E-state index contributed by atoms with van der Waals surface area (Å²) in [6, 6.07) is 5.35. The Labute approximate surface area is 85.7 Å². The Bertz CT molecular complexity index is 290. The van der Waals surface area contributed by atoms with Gasteiger partial charge in [-0.3, -0.25) is 0 Å². The highest BCUT2D eigenvalue weighted by atomic mass is 35.5. The molecular weight excluding hydrogens is 213 g/mol. The molecule has 0 spiro atoms. The Morgan fingerprint density at radius 2 is 1.43 bits per heavy atom. The van der Waals surface area contributed by atoms with Crippen LogP contribution in [0.5, 0.6) is 0 Å². The van der Waals surface area contributed by atoms with Crippen LogP contribution in [0.25, 0.3) is 0 Å². The van der Waals surface area contributed by atoms with Gasteiger partial charge in [-0.25, -0.2) is 0 Å². The number of hydrogen-bond donors (Lipinski definition) is 0. The highest BCUT2D eigenvalue weighted by Gasteiger charge is 2.36. The predicted octanol–water partition coefficient (Wildman–Crippen LogP) is 4.18. The van der Waals surface area contributed by atoms with E-state index in [0.29, 0.717) is 0 Å². The Hall–Kier alpha value is -0.700. The van der Waals surface area contributed by atoms with Crippen molar-refractivity contribution in [3.8, 4) is 0 Å². The quantitative estimate of drug-likeness (QED) is 0.626. The van der Waals surface area contributed by atoms with E-state index >= 15 is 0 Å². The molecule has 1 aromatic carbocycles. The van der Waals surface area contributed by atoms with E-state index in [2.05, 4.69) is 0 Å². The normalized spacial score (nSPS) is 13.0. The maximum absolute atomic E-state index is 12.5. The van der Waals surface area contributed by atoms with Crippen molar-refractivity contribution in [2.75, 3.05) is 0 Å². The van der Waals surface area contributed by atoms with Crippen LogP contribution in [0.1, 0.15) is 25.0 Å². The molecule has 0 nitrogen and oxygen atoms in total. The summed E-state index contributed by atoms with van der Waals surface area (Å²) in [5.41, 5.74) is -0.561. The van der Waals surface area contributed by atoms with Crippen molar-refractivity contribution in [2.24, 2.45) is 0 Å². The van der Waals surface area contributed by atoms with Gasteiger partial charge in [-0.2, -0.15) is 13.2 Å². The maximum atomic E-state index is 12.5. The van der Waals surface area contributed by atoms with Gasteiger partial charge in [0.1, 0.15) is 0 Å². The molecule has 0 radical (unpaired) electrons. The third kappa shape index (κ3) is 2.41. The lowest BCUT2D eigenvalue weighted by Gasteiger charge is -2.21. The maximum Gasteiger partial charge on any atom is 0.416 e. The van der Waals surface area contributed by atoms with E-state index in [1.807, 2.05) is 0 Å². The number of alkyl halides is 4. The van der Waals surface area contributed by atoms with Crippen molar-refractivity contribution < 1.29 is 13.2 Å². The van der Waals surface area contributed by atoms with Crippen LogP contribution in [-0.2, 0) is 11.1 Å². The fraction of sp³-hybridized carbons (Fsp3) is 0.400. The van der Waals surface area contributed by atoms with Crippen LogP contribution < -0.4 is 0 Å². The summed E-state index contributed by atoms with van der Waals surface area (Å²) < 4.78 is 37.6. The van der Waals surface area contributed by atoms with Gasteiger partial charge in [0, 0.05) is 0 Å². The Balaban J connectivity index is 3.31. The molecule has 0 saturated heterocycles. The summed E-state index contributed by atoms with van der Waals surface area (Å²) in [5.74, 6) is 0. The van der Waals surface area contributed by atoms with Crippen LogP contribution in [0.2, 0.25) is 0 Å². The van der Waals surface area contributed by atoms with Gasteiger partial charge in [0.2, 0.25) is 0 Å². The summed E-state index contributed by atoms with van der Waals surface area (Å²) in [5, 5.41) is 0. The fourth-order valence-corrected chi connectivity index (χ4v) is 1.41. The van der Waals surface area contributed by atoms with Crippen LogP contribution in [0.15, 0.2) is 24.3 Å². The molecule has 14 heavy (non-hydrogen) atoms. The van der Waals surface area contributed by atoms with E-state index in [-0.39, 0.29) is 5.56 Å². The molecule has 0 fully saturated rings. The molecule has 0 aliphatic carbocycles. The molecule has 1 rings (SSSR count).